The molecule has 34 heavy (non-hydrogen) atoms. The zero-order valence-corrected chi connectivity index (χ0v) is 20.5. The highest BCUT2D eigenvalue weighted by Gasteiger charge is 2.35. The molecule has 0 aliphatic carbocycles. The number of hydrogen-bond donors (Lipinski definition) is 1. The first-order valence-electron chi connectivity index (χ1n) is 11.0. The van der Waals surface area contributed by atoms with Crippen molar-refractivity contribution in [1.82, 2.24) is 20.4 Å². The number of benzene rings is 2. The van der Waals surface area contributed by atoms with E-state index in [1.54, 1.807) is 28.0 Å². The van der Waals surface area contributed by atoms with Gasteiger partial charge in [-0.1, -0.05) is 53.7 Å². The van der Waals surface area contributed by atoms with Gasteiger partial charge in [0.2, 0.25) is 5.82 Å². The third-order valence-electron chi connectivity index (χ3n) is 5.90. The van der Waals surface area contributed by atoms with Gasteiger partial charge < -0.3 is 9.84 Å². The number of carbonyl (C=O) groups excluding carboxylic acids is 1. The Hall–Kier alpha value is -3.36. The minimum Gasteiger partial charge on any atom is -0.334 e. The van der Waals surface area contributed by atoms with Crippen LogP contribution >= 0.6 is 23.1 Å². The molecule has 1 unspecified atom stereocenters. The van der Waals surface area contributed by atoms with Crippen LogP contribution in [0.2, 0.25) is 0 Å². The van der Waals surface area contributed by atoms with Crippen molar-refractivity contribution in [2.24, 2.45) is 0 Å². The van der Waals surface area contributed by atoms with E-state index in [0.717, 1.165) is 33.7 Å². The van der Waals surface area contributed by atoms with Gasteiger partial charge >= 0.3 is 6.03 Å². The summed E-state index contributed by atoms with van der Waals surface area (Å²) in [5.74, 6) is 0.936. The van der Waals surface area contributed by atoms with Crippen molar-refractivity contribution >= 4 is 34.7 Å². The van der Waals surface area contributed by atoms with Crippen molar-refractivity contribution in [3.05, 3.63) is 94.1 Å². The van der Waals surface area contributed by atoms with Gasteiger partial charge in [0.05, 0.1) is 11.6 Å². The van der Waals surface area contributed by atoms with Crippen LogP contribution < -0.4 is 5.32 Å². The molecule has 1 aliphatic rings. The number of thioether (sulfide) groups is 1. The highest BCUT2D eigenvalue weighted by atomic mass is 32.2. The second kappa shape index (κ2) is 9.87. The van der Waals surface area contributed by atoms with Crippen LogP contribution in [0.1, 0.15) is 29.3 Å². The smallest absolute Gasteiger partial charge is 0.322 e. The predicted molar refractivity (Wildman–Crippen MR) is 137 cm³/mol. The molecule has 6 nitrogen and oxygen atoms in total. The summed E-state index contributed by atoms with van der Waals surface area (Å²) in [6.07, 6.45) is 2.82. The molecule has 8 heteroatoms. The van der Waals surface area contributed by atoms with E-state index in [-0.39, 0.29) is 12.1 Å². The third kappa shape index (κ3) is 4.51. The number of allylic oxidation sites excluding steroid dienone is 1. The Morgan fingerprint density at radius 1 is 1.09 bits per heavy atom. The molecule has 0 saturated carbocycles. The topological polar surface area (TPSA) is 71.3 Å². The predicted octanol–water partition coefficient (Wildman–Crippen LogP) is 6.26. The highest BCUT2D eigenvalue weighted by Crippen LogP contribution is 2.38. The van der Waals surface area contributed by atoms with E-state index < -0.39 is 0 Å². The number of nitrogens with one attached hydrogen (secondary N) is 1. The molecule has 0 spiro atoms. The molecule has 1 aliphatic heterocycles. The molecule has 0 fully saturated rings. The van der Waals surface area contributed by atoms with Gasteiger partial charge in [0.1, 0.15) is 0 Å². The maximum Gasteiger partial charge on any atom is 0.322 e. The lowest BCUT2D eigenvalue weighted by Crippen LogP contribution is -2.46. The van der Waals surface area contributed by atoms with Crippen molar-refractivity contribution < 1.29 is 9.32 Å². The van der Waals surface area contributed by atoms with Crippen LogP contribution in [0.5, 0.6) is 0 Å². The molecule has 0 saturated heterocycles. The molecule has 4 aromatic rings. The molecule has 3 heterocycles. The highest BCUT2D eigenvalue weighted by molar-refractivity contribution is 7.98. The lowest BCUT2D eigenvalue weighted by Gasteiger charge is -2.35. The van der Waals surface area contributed by atoms with Crippen molar-refractivity contribution in [2.75, 3.05) is 12.8 Å². The Kier molecular flexibility index (Phi) is 6.51. The molecule has 2 amide bonds. The molecule has 5 rings (SSSR count). The maximum atomic E-state index is 13.2. The maximum absolute atomic E-state index is 13.2. The molecular weight excluding hydrogens is 464 g/mol. The van der Waals surface area contributed by atoms with Crippen molar-refractivity contribution in [3.63, 3.8) is 0 Å². The summed E-state index contributed by atoms with van der Waals surface area (Å²) in [5.41, 5.74) is 3.49. The molecular formula is C26H24N4O2S2. The molecule has 1 N–H and O–H groups in total. The van der Waals surface area contributed by atoms with Gasteiger partial charge in [0, 0.05) is 27.6 Å². The molecule has 1 atom stereocenters. The van der Waals surface area contributed by atoms with Crippen LogP contribution in [0.25, 0.3) is 17.0 Å². The summed E-state index contributed by atoms with van der Waals surface area (Å²) in [6, 6.07) is 21.6. The Labute approximate surface area is 206 Å². The summed E-state index contributed by atoms with van der Waals surface area (Å²) in [5, 5.41) is 9.46. The summed E-state index contributed by atoms with van der Waals surface area (Å²) in [6.45, 7) is 2.53. The molecule has 2 aromatic heterocycles. The summed E-state index contributed by atoms with van der Waals surface area (Å²) in [4.78, 5) is 22.1. The normalized spacial score (nSPS) is 16.1. The number of urea groups is 1. The van der Waals surface area contributed by atoms with Gasteiger partial charge in [-0.3, -0.25) is 4.90 Å². The molecule has 0 bridgehead atoms. The number of thiophene rings is 1. The van der Waals surface area contributed by atoms with E-state index in [4.69, 9.17) is 9.51 Å². The first-order valence-corrected chi connectivity index (χ1v) is 13.1. The van der Waals surface area contributed by atoms with Gasteiger partial charge in [-0.25, -0.2) is 4.79 Å². The first-order chi connectivity index (χ1) is 16.6. The second-order valence-corrected chi connectivity index (χ2v) is 9.84. The fraction of sp³-hybridized carbons (Fsp3) is 0.192. The second-order valence-electron chi connectivity index (χ2n) is 7.92. The number of hydrogen-bond acceptors (Lipinski definition) is 6. The number of carbonyl (C=O) groups is 1. The minimum atomic E-state index is -0.384. The Balaban J connectivity index is 1.55. The monoisotopic (exact) mass is 488 g/mol. The number of rotatable bonds is 7. The number of aromatic nitrogens is 2. The molecule has 172 valence electrons. The van der Waals surface area contributed by atoms with Crippen molar-refractivity contribution in [2.45, 2.75) is 24.3 Å². The van der Waals surface area contributed by atoms with Crippen molar-refractivity contribution in [1.29, 1.82) is 0 Å². The van der Waals surface area contributed by atoms with E-state index in [1.165, 1.54) is 4.88 Å². The first kappa shape index (κ1) is 22.4. The van der Waals surface area contributed by atoms with Crippen LogP contribution in [0, 0.1) is 0 Å². The third-order valence-corrected chi connectivity index (χ3v) is 7.58. The van der Waals surface area contributed by atoms with Crippen LogP contribution in [-0.2, 0) is 6.42 Å². The largest absolute Gasteiger partial charge is 0.334 e. The fourth-order valence-corrected chi connectivity index (χ4v) is 5.19. The van der Waals surface area contributed by atoms with Gasteiger partial charge in [-0.05, 0) is 48.7 Å². The minimum absolute atomic E-state index is 0.125. The zero-order valence-electron chi connectivity index (χ0n) is 18.9. The summed E-state index contributed by atoms with van der Waals surface area (Å²) >= 11 is 3.38. The average Bonchev–Trinajstić information content (AvgIpc) is 3.57. The van der Waals surface area contributed by atoms with E-state index in [1.807, 2.05) is 61.7 Å². The molecule has 0 radical (unpaired) electrons. The standard InChI is InChI=1S/C26H24N4O2S2/c1-17-22(25-28-24(29-32-25)19-7-4-3-5-8-19)23(18-10-12-20(33-2)13-11-18)27-26(31)30(17)15-14-21-9-6-16-34-21/h3-13,16,23H,14-15H2,1-2H3,(H,27,31). The Bertz CT molecular complexity index is 1300. The van der Waals surface area contributed by atoms with E-state index >= 15 is 0 Å². The van der Waals surface area contributed by atoms with Gasteiger partial charge in [0.15, 0.2) is 0 Å². The van der Waals surface area contributed by atoms with E-state index in [9.17, 15) is 4.79 Å². The van der Waals surface area contributed by atoms with Crippen LogP contribution in [-0.4, -0.2) is 33.9 Å². The number of nitrogens with zero attached hydrogens (tertiary/aromatic N) is 3. The van der Waals surface area contributed by atoms with Crippen LogP contribution in [0.3, 0.4) is 0 Å². The SMILES string of the molecule is CSc1ccc(C2NC(=O)N(CCc3cccs3)C(C)=C2c2nc(-c3ccccc3)no2)cc1. The van der Waals surface area contributed by atoms with Crippen LogP contribution in [0.15, 0.2) is 87.2 Å². The van der Waals surface area contributed by atoms with Gasteiger partial charge in [0.25, 0.3) is 5.89 Å². The lowest BCUT2D eigenvalue weighted by atomic mass is 9.94. The summed E-state index contributed by atoms with van der Waals surface area (Å²) in [7, 11) is 0. The van der Waals surface area contributed by atoms with E-state index in [0.29, 0.717) is 18.3 Å². The van der Waals surface area contributed by atoms with Crippen LogP contribution in [0.4, 0.5) is 4.79 Å². The average molecular weight is 489 g/mol. The van der Waals surface area contributed by atoms with E-state index in [2.05, 4.69) is 34.1 Å². The Morgan fingerprint density at radius 3 is 2.59 bits per heavy atom. The van der Waals surface area contributed by atoms with Crippen molar-refractivity contribution in [3.8, 4) is 11.4 Å². The van der Waals surface area contributed by atoms with Gasteiger partial charge in [-0.15, -0.1) is 23.1 Å². The Morgan fingerprint density at radius 2 is 1.88 bits per heavy atom. The number of amides is 2. The van der Waals surface area contributed by atoms with Gasteiger partial charge in [-0.2, -0.15) is 4.98 Å². The fourth-order valence-electron chi connectivity index (χ4n) is 4.09. The summed E-state index contributed by atoms with van der Waals surface area (Å²) < 4.78 is 5.76. The quantitative estimate of drug-likeness (QED) is 0.311. The zero-order chi connectivity index (χ0) is 23.5. The molecule has 2 aromatic carbocycles. The lowest BCUT2D eigenvalue weighted by molar-refractivity contribution is 0.205.